The van der Waals surface area contributed by atoms with E-state index in [2.05, 4.69) is 0 Å². The lowest BCUT2D eigenvalue weighted by Gasteiger charge is -2.61. The fourth-order valence-corrected chi connectivity index (χ4v) is 4.88. The normalized spacial score (nSPS) is 44.9. The zero-order valence-corrected chi connectivity index (χ0v) is 9.43. The van der Waals surface area contributed by atoms with E-state index in [1.54, 1.807) is 6.08 Å². The fourth-order valence-electron chi connectivity index (χ4n) is 3.85. The van der Waals surface area contributed by atoms with Crippen LogP contribution in [0.25, 0.3) is 0 Å². The molecule has 5 aliphatic carbocycles. The summed E-state index contributed by atoms with van der Waals surface area (Å²) < 4.78 is 11.3. The average molecular weight is 244 g/mol. The van der Waals surface area contributed by atoms with Crippen molar-refractivity contribution in [1.82, 2.24) is 0 Å². The quantitative estimate of drug-likeness (QED) is 0.634. The Balaban J connectivity index is 2.03. The topological polar surface area (TPSA) is 94.8 Å². The van der Waals surface area contributed by atoms with Crippen LogP contribution in [0.1, 0.15) is 19.3 Å². The minimum atomic E-state index is -4.18. The molecule has 4 atom stereocenters. The largest absolute Gasteiger partial charge is 0.481 e. The van der Waals surface area contributed by atoms with Crippen LogP contribution in [0.15, 0.2) is 11.4 Å². The Morgan fingerprint density at radius 2 is 2.12 bits per heavy atom. The molecule has 0 aromatic rings. The summed E-state index contributed by atoms with van der Waals surface area (Å²) >= 11 is 0. The standard InChI is InChI=1S/C10H13O5P/c11-9(12)10-3-5-1-6(4-10)8(2-7(5)10)16(13,14)15/h2,5-7H,1,3-4H2,(H,11,12)(H2,13,14,15)/t5-,6-,7+,10-/m0/s1. The molecule has 16 heavy (non-hydrogen) atoms. The van der Waals surface area contributed by atoms with Crippen molar-refractivity contribution in [3.8, 4) is 0 Å². The van der Waals surface area contributed by atoms with Crippen LogP contribution in [0, 0.1) is 23.2 Å². The third-order valence-corrected chi connectivity index (χ3v) is 5.69. The van der Waals surface area contributed by atoms with Gasteiger partial charge in [0, 0.05) is 5.31 Å². The molecule has 3 saturated carbocycles. The molecule has 0 heterocycles. The van der Waals surface area contributed by atoms with Gasteiger partial charge in [0.05, 0.1) is 5.41 Å². The summed E-state index contributed by atoms with van der Waals surface area (Å²) in [5, 5.41) is 9.41. The number of aliphatic carboxylic acids is 1. The summed E-state index contributed by atoms with van der Waals surface area (Å²) in [5.41, 5.74) is -0.716. The van der Waals surface area contributed by atoms with Crippen LogP contribution in [0.3, 0.4) is 0 Å². The third kappa shape index (κ3) is 1.09. The highest BCUT2D eigenvalue weighted by Crippen LogP contribution is 2.71. The Hall–Kier alpha value is -0.640. The van der Waals surface area contributed by atoms with Crippen LogP contribution >= 0.6 is 7.60 Å². The molecule has 5 nitrogen and oxygen atoms in total. The van der Waals surface area contributed by atoms with Gasteiger partial charge < -0.3 is 14.9 Å². The maximum atomic E-state index is 11.3. The molecule has 4 bridgehead atoms. The van der Waals surface area contributed by atoms with E-state index in [4.69, 9.17) is 0 Å². The van der Waals surface area contributed by atoms with Crippen LogP contribution in [0.4, 0.5) is 0 Å². The van der Waals surface area contributed by atoms with Gasteiger partial charge in [-0.2, -0.15) is 0 Å². The van der Waals surface area contributed by atoms with E-state index in [-0.39, 0.29) is 17.2 Å². The molecule has 88 valence electrons. The van der Waals surface area contributed by atoms with Gasteiger partial charge in [-0.05, 0) is 37.0 Å². The SMILES string of the molecule is O=C(O)[C@]12C[C@@H]3C[C@@H](C1)[C@H]2C=C3P(=O)(O)O. The predicted molar refractivity (Wildman–Crippen MR) is 54.5 cm³/mol. The number of hydrogen-bond donors (Lipinski definition) is 3. The van der Waals surface area contributed by atoms with Crippen molar-refractivity contribution >= 4 is 13.6 Å². The lowest BCUT2D eigenvalue weighted by Crippen LogP contribution is -2.60. The molecule has 0 saturated heterocycles. The second kappa shape index (κ2) is 2.78. The first-order valence-corrected chi connectivity index (χ1v) is 6.97. The van der Waals surface area contributed by atoms with Crippen molar-refractivity contribution in [3.63, 3.8) is 0 Å². The molecule has 5 aliphatic rings. The summed E-state index contributed by atoms with van der Waals surface area (Å²) in [7, 11) is -4.18. The monoisotopic (exact) mass is 244 g/mol. The van der Waals surface area contributed by atoms with Gasteiger partial charge in [0.1, 0.15) is 0 Å². The van der Waals surface area contributed by atoms with Crippen molar-refractivity contribution in [3.05, 3.63) is 11.4 Å². The summed E-state index contributed by atoms with van der Waals surface area (Å²) in [5.74, 6) is -0.858. The lowest BCUT2D eigenvalue weighted by atomic mass is 9.42. The summed E-state index contributed by atoms with van der Waals surface area (Å²) in [4.78, 5) is 29.6. The zero-order valence-electron chi connectivity index (χ0n) is 8.54. The molecule has 3 N–H and O–H groups in total. The van der Waals surface area contributed by atoms with Gasteiger partial charge in [-0.15, -0.1) is 0 Å². The minimum Gasteiger partial charge on any atom is -0.481 e. The smallest absolute Gasteiger partial charge is 0.352 e. The molecule has 0 spiro atoms. The molecule has 6 heteroatoms. The first-order valence-electron chi connectivity index (χ1n) is 5.36. The first-order chi connectivity index (χ1) is 7.34. The second-order valence-electron chi connectivity index (χ2n) is 5.22. The summed E-state index contributed by atoms with van der Waals surface area (Å²) in [6.07, 6.45) is 3.38. The molecule has 3 fully saturated rings. The number of hydrogen-bond acceptors (Lipinski definition) is 2. The van der Waals surface area contributed by atoms with Gasteiger partial charge >= 0.3 is 13.6 Å². The van der Waals surface area contributed by atoms with Crippen LogP contribution in [-0.4, -0.2) is 20.9 Å². The van der Waals surface area contributed by atoms with E-state index in [9.17, 15) is 24.3 Å². The van der Waals surface area contributed by atoms with Crippen molar-refractivity contribution in [2.24, 2.45) is 23.2 Å². The fraction of sp³-hybridized carbons (Fsp3) is 0.700. The number of carboxylic acids is 1. The predicted octanol–water partition coefficient (Wildman–Crippen LogP) is 1.18. The summed E-state index contributed by atoms with van der Waals surface area (Å²) in [6.45, 7) is 0. The Kier molecular flexibility index (Phi) is 1.83. The number of allylic oxidation sites excluding steroid dienone is 2. The third-order valence-electron chi connectivity index (χ3n) is 4.50. The second-order valence-corrected chi connectivity index (χ2v) is 6.83. The molecule has 0 aromatic carbocycles. The minimum absolute atomic E-state index is 0.155. The molecule has 0 aliphatic heterocycles. The summed E-state index contributed by atoms with van der Waals surface area (Å²) in [6, 6.07) is 0. The van der Waals surface area contributed by atoms with Gasteiger partial charge in [0.25, 0.3) is 0 Å². The van der Waals surface area contributed by atoms with Gasteiger partial charge in [0.15, 0.2) is 0 Å². The van der Waals surface area contributed by atoms with Crippen LogP contribution in [0.2, 0.25) is 0 Å². The molecular weight excluding hydrogens is 231 g/mol. The van der Waals surface area contributed by atoms with Gasteiger partial charge in [-0.1, -0.05) is 6.08 Å². The van der Waals surface area contributed by atoms with E-state index in [1.165, 1.54) is 0 Å². The van der Waals surface area contributed by atoms with Gasteiger partial charge in [-0.3, -0.25) is 9.36 Å². The maximum Gasteiger partial charge on any atom is 0.352 e. The van der Waals surface area contributed by atoms with E-state index >= 15 is 0 Å². The first kappa shape index (κ1) is 10.5. The van der Waals surface area contributed by atoms with Gasteiger partial charge in [0.2, 0.25) is 0 Å². The van der Waals surface area contributed by atoms with E-state index in [0.29, 0.717) is 18.8 Å². The van der Waals surface area contributed by atoms with E-state index < -0.39 is 19.0 Å². The highest BCUT2D eigenvalue weighted by atomic mass is 31.2. The molecule has 0 radical (unpaired) electrons. The van der Waals surface area contributed by atoms with Crippen molar-refractivity contribution in [1.29, 1.82) is 0 Å². The van der Waals surface area contributed by atoms with Crippen LogP contribution in [0.5, 0.6) is 0 Å². The molecule has 0 aromatic heterocycles. The zero-order chi connectivity index (χ0) is 11.7. The van der Waals surface area contributed by atoms with E-state index in [1.807, 2.05) is 0 Å². The highest BCUT2D eigenvalue weighted by molar-refractivity contribution is 7.56. The Bertz CT molecular complexity index is 450. The number of rotatable bonds is 2. The van der Waals surface area contributed by atoms with Crippen molar-refractivity contribution in [2.45, 2.75) is 19.3 Å². The molecule has 0 amide bonds. The Morgan fingerprint density at radius 1 is 1.44 bits per heavy atom. The maximum absolute atomic E-state index is 11.3. The Morgan fingerprint density at radius 3 is 2.56 bits per heavy atom. The molecule has 0 unspecified atom stereocenters. The lowest BCUT2D eigenvalue weighted by molar-refractivity contribution is -0.178. The van der Waals surface area contributed by atoms with Crippen molar-refractivity contribution < 1.29 is 24.3 Å². The molecular formula is C10H13O5P. The molecule has 5 rings (SSSR count). The number of carbonyl (C=O) groups is 1. The van der Waals surface area contributed by atoms with Crippen LogP contribution < -0.4 is 0 Å². The van der Waals surface area contributed by atoms with E-state index in [0.717, 1.165) is 6.42 Å². The Labute approximate surface area is 92.3 Å². The highest BCUT2D eigenvalue weighted by Gasteiger charge is 2.66. The van der Waals surface area contributed by atoms with Crippen LogP contribution in [-0.2, 0) is 9.36 Å². The number of carboxylic acid groups (broad SMARTS) is 1. The van der Waals surface area contributed by atoms with Crippen molar-refractivity contribution in [2.75, 3.05) is 0 Å². The average Bonchev–Trinajstić information content (AvgIpc) is 2.15. The van der Waals surface area contributed by atoms with Gasteiger partial charge in [-0.25, -0.2) is 0 Å².